The highest BCUT2D eigenvalue weighted by molar-refractivity contribution is 5.28. The fourth-order valence-corrected chi connectivity index (χ4v) is 3.87. The summed E-state index contributed by atoms with van der Waals surface area (Å²) in [6.07, 6.45) is 0. The molecule has 2 unspecified atom stereocenters. The summed E-state index contributed by atoms with van der Waals surface area (Å²) in [5.74, 6) is 0. The minimum absolute atomic E-state index is 0.00877. The van der Waals surface area contributed by atoms with Crippen LogP contribution in [-0.4, -0.2) is 16.0 Å². The largest absolute Gasteiger partial charge is 0.322 e. The molecule has 0 fully saturated rings. The average molecular weight is 325 g/mol. The maximum Gasteiger partial charge on any atom is 0.0551 e. The van der Waals surface area contributed by atoms with E-state index in [9.17, 15) is 0 Å². The zero-order valence-corrected chi connectivity index (χ0v) is 16.0. The van der Waals surface area contributed by atoms with E-state index in [2.05, 4.69) is 101 Å². The lowest BCUT2D eigenvalue weighted by Gasteiger charge is -2.52. The molecule has 130 valence electrons. The molecule has 0 saturated heterocycles. The van der Waals surface area contributed by atoms with Crippen LogP contribution in [0.1, 0.15) is 64.8 Å². The third kappa shape index (κ3) is 4.25. The summed E-state index contributed by atoms with van der Waals surface area (Å²) in [7, 11) is 0. The fraction of sp³-hybridized carbons (Fsp3) is 0.455. The summed E-state index contributed by atoms with van der Waals surface area (Å²) < 4.78 is 0. The molecule has 0 aliphatic heterocycles. The predicted octanol–water partition coefficient (Wildman–Crippen LogP) is 5.33. The number of nitrogens with two attached hydrogens (primary N) is 1. The SMILES string of the molecule is CC(C)(C)N(C(c1ccccc1)C(N)c1ccccc1)C(C)(C)C. The minimum Gasteiger partial charge on any atom is -0.322 e. The smallest absolute Gasteiger partial charge is 0.0551 e. The van der Waals surface area contributed by atoms with E-state index >= 15 is 0 Å². The Hall–Kier alpha value is -1.64. The van der Waals surface area contributed by atoms with Crippen molar-refractivity contribution in [2.45, 2.75) is 64.7 Å². The van der Waals surface area contributed by atoms with E-state index < -0.39 is 0 Å². The summed E-state index contributed by atoms with van der Waals surface area (Å²) in [5.41, 5.74) is 9.24. The molecule has 2 nitrogen and oxygen atoms in total. The van der Waals surface area contributed by atoms with Gasteiger partial charge < -0.3 is 5.73 Å². The van der Waals surface area contributed by atoms with E-state index in [-0.39, 0.29) is 23.2 Å². The fourth-order valence-electron chi connectivity index (χ4n) is 3.87. The molecular weight excluding hydrogens is 292 g/mol. The third-order valence-electron chi connectivity index (χ3n) is 4.39. The van der Waals surface area contributed by atoms with Crippen molar-refractivity contribution in [3.8, 4) is 0 Å². The van der Waals surface area contributed by atoms with Gasteiger partial charge in [0.1, 0.15) is 0 Å². The van der Waals surface area contributed by atoms with Gasteiger partial charge in [-0.15, -0.1) is 0 Å². The Balaban J connectivity index is 2.58. The highest BCUT2D eigenvalue weighted by Gasteiger charge is 2.40. The Morgan fingerprint density at radius 2 is 1.04 bits per heavy atom. The van der Waals surface area contributed by atoms with E-state index in [4.69, 9.17) is 5.73 Å². The molecule has 24 heavy (non-hydrogen) atoms. The van der Waals surface area contributed by atoms with Crippen LogP contribution in [0, 0.1) is 0 Å². The van der Waals surface area contributed by atoms with Gasteiger partial charge in [-0.25, -0.2) is 0 Å². The Kier molecular flexibility index (Phi) is 5.52. The standard InChI is InChI=1S/C22H32N2/c1-21(2,3)24(22(4,5)6)20(18-15-11-8-12-16-18)19(23)17-13-9-7-10-14-17/h7-16,19-20H,23H2,1-6H3. The van der Waals surface area contributed by atoms with Crippen LogP contribution in [0.15, 0.2) is 60.7 Å². The lowest BCUT2D eigenvalue weighted by molar-refractivity contribution is -0.0173. The van der Waals surface area contributed by atoms with Gasteiger partial charge in [-0.05, 0) is 52.7 Å². The Bertz CT molecular complexity index is 607. The van der Waals surface area contributed by atoms with Crippen LogP contribution in [0.2, 0.25) is 0 Å². The molecule has 0 heterocycles. The predicted molar refractivity (Wildman–Crippen MR) is 104 cm³/mol. The van der Waals surface area contributed by atoms with Crippen LogP contribution in [0.5, 0.6) is 0 Å². The molecule has 0 bridgehead atoms. The highest BCUT2D eigenvalue weighted by Crippen LogP contribution is 2.41. The third-order valence-corrected chi connectivity index (χ3v) is 4.39. The van der Waals surface area contributed by atoms with Gasteiger partial charge in [0.15, 0.2) is 0 Å². The number of rotatable bonds is 4. The van der Waals surface area contributed by atoms with Gasteiger partial charge in [-0.1, -0.05) is 60.7 Å². The number of hydrogen-bond acceptors (Lipinski definition) is 2. The van der Waals surface area contributed by atoms with Gasteiger partial charge in [0.25, 0.3) is 0 Å². The molecule has 2 aromatic rings. The lowest BCUT2D eigenvalue weighted by Crippen LogP contribution is -2.56. The molecule has 2 aromatic carbocycles. The van der Waals surface area contributed by atoms with Crippen LogP contribution in [-0.2, 0) is 0 Å². The van der Waals surface area contributed by atoms with Crippen LogP contribution < -0.4 is 5.73 Å². The van der Waals surface area contributed by atoms with Crippen molar-refractivity contribution in [3.63, 3.8) is 0 Å². The molecule has 0 aromatic heterocycles. The second-order valence-corrected chi connectivity index (χ2v) is 8.50. The second kappa shape index (κ2) is 7.08. The van der Waals surface area contributed by atoms with Crippen molar-refractivity contribution in [3.05, 3.63) is 71.8 Å². The first-order valence-electron chi connectivity index (χ1n) is 8.77. The first-order valence-corrected chi connectivity index (χ1v) is 8.77. The lowest BCUT2D eigenvalue weighted by atomic mass is 9.85. The van der Waals surface area contributed by atoms with Crippen LogP contribution in [0.3, 0.4) is 0 Å². The van der Waals surface area contributed by atoms with Gasteiger partial charge in [0.2, 0.25) is 0 Å². The van der Waals surface area contributed by atoms with E-state index in [0.29, 0.717) is 0 Å². The van der Waals surface area contributed by atoms with Gasteiger partial charge in [-0.2, -0.15) is 0 Å². The maximum absolute atomic E-state index is 6.82. The minimum atomic E-state index is -0.0907. The van der Waals surface area contributed by atoms with E-state index in [1.54, 1.807) is 0 Å². The van der Waals surface area contributed by atoms with Crippen molar-refractivity contribution in [1.82, 2.24) is 4.90 Å². The summed E-state index contributed by atoms with van der Waals surface area (Å²) in [6.45, 7) is 13.6. The van der Waals surface area contributed by atoms with Crippen molar-refractivity contribution in [2.75, 3.05) is 0 Å². The van der Waals surface area contributed by atoms with E-state index in [1.807, 2.05) is 6.07 Å². The maximum atomic E-state index is 6.82. The topological polar surface area (TPSA) is 29.3 Å². The van der Waals surface area contributed by atoms with Crippen LogP contribution >= 0.6 is 0 Å². The summed E-state index contributed by atoms with van der Waals surface area (Å²) in [6, 6.07) is 21.1. The van der Waals surface area contributed by atoms with E-state index in [0.717, 1.165) is 0 Å². The molecular formula is C22H32N2. The molecule has 0 saturated carbocycles. The molecule has 0 radical (unpaired) electrons. The Morgan fingerprint density at radius 3 is 1.42 bits per heavy atom. The highest BCUT2D eigenvalue weighted by atomic mass is 15.3. The van der Waals surface area contributed by atoms with Crippen molar-refractivity contribution < 1.29 is 0 Å². The van der Waals surface area contributed by atoms with Crippen LogP contribution in [0.25, 0.3) is 0 Å². The Morgan fingerprint density at radius 1 is 0.667 bits per heavy atom. The van der Waals surface area contributed by atoms with Crippen LogP contribution in [0.4, 0.5) is 0 Å². The van der Waals surface area contributed by atoms with Gasteiger partial charge >= 0.3 is 0 Å². The molecule has 0 aliphatic rings. The normalized spacial score (nSPS) is 15.3. The quantitative estimate of drug-likeness (QED) is 0.824. The second-order valence-electron chi connectivity index (χ2n) is 8.50. The van der Waals surface area contributed by atoms with Crippen molar-refractivity contribution in [1.29, 1.82) is 0 Å². The van der Waals surface area contributed by atoms with Gasteiger partial charge in [-0.3, -0.25) is 4.90 Å². The molecule has 0 aliphatic carbocycles. The molecule has 2 N–H and O–H groups in total. The van der Waals surface area contributed by atoms with Gasteiger partial charge in [0, 0.05) is 17.1 Å². The number of benzene rings is 2. The number of hydrogen-bond donors (Lipinski definition) is 1. The molecule has 0 spiro atoms. The first-order chi connectivity index (χ1) is 11.1. The first kappa shape index (κ1) is 18.7. The summed E-state index contributed by atoms with van der Waals surface area (Å²) in [5, 5.41) is 0. The number of nitrogens with zero attached hydrogens (tertiary/aromatic N) is 1. The molecule has 2 rings (SSSR count). The zero-order valence-electron chi connectivity index (χ0n) is 16.0. The van der Waals surface area contributed by atoms with Gasteiger partial charge in [0.05, 0.1) is 6.04 Å². The van der Waals surface area contributed by atoms with Crippen molar-refractivity contribution >= 4 is 0 Å². The molecule has 2 atom stereocenters. The zero-order chi connectivity index (χ0) is 18.0. The monoisotopic (exact) mass is 324 g/mol. The Labute approximate surface area is 147 Å². The summed E-state index contributed by atoms with van der Waals surface area (Å²) in [4.78, 5) is 2.55. The molecule has 0 amide bonds. The van der Waals surface area contributed by atoms with Crippen molar-refractivity contribution in [2.24, 2.45) is 5.73 Å². The summed E-state index contributed by atoms with van der Waals surface area (Å²) >= 11 is 0. The molecule has 2 heteroatoms. The van der Waals surface area contributed by atoms with E-state index in [1.165, 1.54) is 11.1 Å². The average Bonchev–Trinajstić information content (AvgIpc) is 2.51.